The molecule has 13 heteroatoms. The van der Waals surface area contributed by atoms with Crippen molar-refractivity contribution in [3.8, 4) is 0 Å². The number of amides is 3. The summed E-state index contributed by atoms with van der Waals surface area (Å²) in [4.78, 5) is 71.4. The Morgan fingerprint density at radius 2 is 1.73 bits per heavy atom. The molecular formula is C35H48N6O7. The number of nitrogens with two attached hydrogens (primary N) is 1. The number of hydrogen-bond acceptors (Lipinski definition) is 10. The second-order valence-corrected chi connectivity index (χ2v) is 13.3. The number of carbonyl (C=O) groups is 5. The van der Waals surface area contributed by atoms with E-state index in [0.29, 0.717) is 30.6 Å². The highest BCUT2D eigenvalue weighted by Gasteiger charge is 2.36. The van der Waals surface area contributed by atoms with E-state index in [9.17, 15) is 24.0 Å². The first kappa shape index (κ1) is 36.5. The summed E-state index contributed by atoms with van der Waals surface area (Å²) in [7, 11) is 0. The molecule has 3 heterocycles. The predicted octanol–water partition coefficient (Wildman–Crippen LogP) is 2.54. The van der Waals surface area contributed by atoms with Gasteiger partial charge in [0.2, 0.25) is 11.8 Å². The van der Waals surface area contributed by atoms with Gasteiger partial charge in [-0.15, -0.1) is 0 Å². The monoisotopic (exact) mass is 664 g/mol. The third kappa shape index (κ3) is 8.75. The molecule has 13 nitrogen and oxygen atoms in total. The first-order chi connectivity index (χ1) is 22.7. The summed E-state index contributed by atoms with van der Waals surface area (Å²) in [5.41, 5.74) is 10.9. The summed E-state index contributed by atoms with van der Waals surface area (Å²) in [5, 5.41) is 7.71. The smallest absolute Gasteiger partial charge is 0.325 e. The van der Waals surface area contributed by atoms with Gasteiger partial charge in [-0.05, 0) is 63.1 Å². The van der Waals surface area contributed by atoms with Crippen molar-refractivity contribution in [1.29, 1.82) is 0 Å². The summed E-state index contributed by atoms with van der Waals surface area (Å²) in [6, 6.07) is 5.65. The molecule has 0 spiro atoms. The molecule has 3 amide bonds. The molecule has 0 aliphatic carbocycles. The second-order valence-electron chi connectivity index (χ2n) is 13.3. The molecule has 260 valence electrons. The maximum atomic E-state index is 13.9. The van der Waals surface area contributed by atoms with Crippen LogP contribution >= 0.6 is 0 Å². The molecule has 0 unspecified atom stereocenters. The molecule has 48 heavy (non-hydrogen) atoms. The number of hydrazine groups is 1. The minimum absolute atomic E-state index is 0.178. The molecule has 5 bridgehead atoms. The molecule has 2 aliphatic heterocycles. The van der Waals surface area contributed by atoms with Gasteiger partial charge in [-0.25, -0.2) is 10.4 Å². The third-order valence-corrected chi connectivity index (χ3v) is 8.76. The van der Waals surface area contributed by atoms with Gasteiger partial charge in [-0.2, -0.15) is 0 Å². The first-order valence-corrected chi connectivity index (χ1v) is 16.6. The zero-order chi connectivity index (χ0) is 35.3. The van der Waals surface area contributed by atoms with Gasteiger partial charge in [0, 0.05) is 11.9 Å². The second kappa shape index (κ2) is 15.7. The number of benzene rings is 1. The Labute approximate surface area is 281 Å². The Balaban J connectivity index is 1.74. The maximum Gasteiger partial charge on any atom is 0.325 e. The Morgan fingerprint density at radius 3 is 2.42 bits per heavy atom. The third-order valence-electron chi connectivity index (χ3n) is 8.76. The highest BCUT2D eigenvalue weighted by Crippen LogP contribution is 2.23. The van der Waals surface area contributed by atoms with Crippen LogP contribution in [0.3, 0.4) is 0 Å². The van der Waals surface area contributed by atoms with Crippen LogP contribution < -0.4 is 21.8 Å². The molecule has 0 saturated carbocycles. The molecule has 1 saturated heterocycles. The van der Waals surface area contributed by atoms with E-state index < -0.39 is 72.0 Å². The molecule has 4 rings (SSSR count). The van der Waals surface area contributed by atoms with Crippen molar-refractivity contribution in [2.24, 2.45) is 23.5 Å². The quantitative estimate of drug-likeness (QED) is 0.347. The molecule has 2 aliphatic rings. The van der Waals surface area contributed by atoms with Gasteiger partial charge < -0.3 is 25.8 Å². The van der Waals surface area contributed by atoms with Gasteiger partial charge in [0.25, 0.3) is 5.91 Å². The van der Waals surface area contributed by atoms with Gasteiger partial charge in [0.1, 0.15) is 36.4 Å². The fraction of sp³-hybridized carbons (Fsp3) is 0.543. The van der Waals surface area contributed by atoms with E-state index >= 15 is 0 Å². The van der Waals surface area contributed by atoms with Crippen molar-refractivity contribution in [2.45, 2.75) is 97.7 Å². The minimum atomic E-state index is -1.01. The molecule has 7 atom stereocenters. The summed E-state index contributed by atoms with van der Waals surface area (Å²) in [5.74, 6) is -4.24. The van der Waals surface area contributed by atoms with Crippen molar-refractivity contribution in [3.63, 3.8) is 0 Å². The lowest BCUT2D eigenvalue weighted by Gasteiger charge is -2.35. The number of esters is 2. The van der Waals surface area contributed by atoms with E-state index in [1.54, 1.807) is 66.7 Å². The number of ether oxygens (including phenoxy) is 2. The fourth-order valence-corrected chi connectivity index (χ4v) is 5.57. The number of cyclic esters (lactones) is 1. The van der Waals surface area contributed by atoms with Crippen LogP contribution in [0.1, 0.15) is 78.7 Å². The van der Waals surface area contributed by atoms with Gasteiger partial charge in [0.05, 0.1) is 17.1 Å². The van der Waals surface area contributed by atoms with Crippen LogP contribution in [0.15, 0.2) is 36.4 Å². The number of hydrogen-bond donors (Lipinski definition) is 4. The topological polar surface area (TPSA) is 182 Å². The largest absolute Gasteiger partial charge is 0.460 e. The summed E-state index contributed by atoms with van der Waals surface area (Å²) >= 11 is 0. The van der Waals surface area contributed by atoms with E-state index in [2.05, 4.69) is 16.1 Å². The Hall–Kier alpha value is -4.36. The van der Waals surface area contributed by atoms with E-state index in [-0.39, 0.29) is 11.8 Å². The van der Waals surface area contributed by atoms with E-state index in [4.69, 9.17) is 20.2 Å². The standard InChI is InChI=1S/C35H48N6O7/c1-18(2)29(36)35(46)47-21(6)25-14-11-23-10-12-24-13-15-26(38-28(24)17-23)22(7)48-34(45)27-9-8-16-41(40-27)33(44)20(5)37-32(43)30(19(3)4)39-31(25)42/h10-15,17-22,25,27,29-30,40H,8-9,16,36H2,1-7H3,(H,37,43)(H,39,42)/b14-11+/t20-,21-,22+,25+,27-,29-,30-/m0/s1. The molecule has 2 aromatic rings. The molecule has 0 radical (unpaired) electrons. The minimum Gasteiger partial charge on any atom is -0.460 e. The van der Waals surface area contributed by atoms with Crippen LogP contribution in [-0.4, -0.2) is 76.5 Å². The zero-order valence-corrected chi connectivity index (χ0v) is 28.7. The fourth-order valence-electron chi connectivity index (χ4n) is 5.57. The molecule has 1 aromatic heterocycles. The summed E-state index contributed by atoms with van der Waals surface area (Å²) < 4.78 is 11.4. The van der Waals surface area contributed by atoms with Gasteiger partial charge in [-0.1, -0.05) is 58.0 Å². The van der Waals surface area contributed by atoms with Gasteiger partial charge in [0.15, 0.2) is 0 Å². The lowest BCUT2D eigenvalue weighted by Crippen LogP contribution is -2.61. The number of fused-ring (bicyclic) bond motifs is 4. The van der Waals surface area contributed by atoms with Crippen LogP contribution in [0.4, 0.5) is 0 Å². The number of carbonyl (C=O) groups excluding carboxylic acids is 5. The molecule has 1 aromatic carbocycles. The number of rotatable bonds is 5. The lowest BCUT2D eigenvalue weighted by atomic mass is 9.97. The number of aromatic nitrogens is 1. The van der Waals surface area contributed by atoms with Crippen molar-refractivity contribution in [3.05, 3.63) is 47.7 Å². The van der Waals surface area contributed by atoms with Crippen molar-refractivity contribution in [2.75, 3.05) is 6.54 Å². The van der Waals surface area contributed by atoms with Crippen LogP contribution in [0.25, 0.3) is 17.0 Å². The first-order valence-electron chi connectivity index (χ1n) is 16.6. The molecule has 1 fully saturated rings. The zero-order valence-electron chi connectivity index (χ0n) is 28.7. The average Bonchev–Trinajstić information content (AvgIpc) is 3.05. The normalized spacial score (nSPS) is 26.5. The molecular weight excluding hydrogens is 616 g/mol. The van der Waals surface area contributed by atoms with Crippen LogP contribution in [0, 0.1) is 17.8 Å². The number of nitrogens with one attached hydrogen (secondary N) is 3. The van der Waals surface area contributed by atoms with Crippen molar-refractivity contribution >= 4 is 46.6 Å². The van der Waals surface area contributed by atoms with E-state index in [0.717, 1.165) is 10.9 Å². The summed E-state index contributed by atoms with van der Waals surface area (Å²) in [6.07, 6.45) is 2.76. The highest BCUT2D eigenvalue weighted by atomic mass is 16.5. The number of nitrogens with zero attached hydrogens (tertiary/aromatic N) is 2. The van der Waals surface area contributed by atoms with Gasteiger partial charge >= 0.3 is 11.9 Å². The van der Waals surface area contributed by atoms with Crippen molar-refractivity contribution in [1.82, 2.24) is 26.1 Å². The van der Waals surface area contributed by atoms with E-state index in [1.165, 1.54) is 5.01 Å². The van der Waals surface area contributed by atoms with Crippen LogP contribution in [0.2, 0.25) is 0 Å². The van der Waals surface area contributed by atoms with Gasteiger partial charge in [-0.3, -0.25) is 29.0 Å². The average molecular weight is 665 g/mol. The van der Waals surface area contributed by atoms with E-state index in [1.807, 2.05) is 24.3 Å². The number of pyridine rings is 1. The highest BCUT2D eigenvalue weighted by molar-refractivity contribution is 5.93. The Kier molecular flexibility index (Phi) is 11.9. The van der Waals surface area contributed by atoms with Crippen molar-refractivity contribution < 1.29 is 33.4 Å². The predicted molar refractivity (Wildman–Crippen MR) is 179 cm³/mol. The van der Waals surface area contributed by atoms with Crippen LogP contribution in [-0.2, 0) is 33.4 Å². The Morgan fingerprint density at radius 1 is 1.02 bits per heavy atom. The SMILES string of the molecule is CC(C)[C@H](N)C(=O)O[C@@H](C)[C@H]1/C=C/c2ccc3ccc(nc3c2)[C@@H](C)OC(=O)[C@@H]2CCCN(N2)C(=O)[C@H](C)NC(=O)[C@H](C(C)C)NC1=O. The maximum absolute atomic E-state index is 13.9. The lowest BCUT2D eigenvalue weighted by molar-refractivity contribution is -0.157. The van der Waals surface area contributed by atoms with Crippen LogP contribution in [0.5, 0.6) is 0 Å². The molecule has 5 N–H and O–H groups in total. The Bertz CT molecular complexity index is 1560. The summed E-state index contributed by atoms with van der Waals surface area (Å²) in [6.45, 7) is 12.4.